The Bertz CT molecular complexity index is 168. The molecule has 0 fully saturated rings. The zero-order valence-electron chi connectivity index (χ0n) is 12.6. The molecule has 2 heteroatoms. The Kier molecular flexibility index (Phi) is 7.58. The third kappa shape index (κ3) is 3.88. The van der Waals surface area contributed by atoms with Crippen LogP contribution in [-0.4, -0.2) is 34.8 Å². The van der Waals surface area contributed by atoms with Crippen molar-refractivity contribution in [3.63, 3.8) is 0 Å². The van der Waals surface area contributed by atoms with Gasteiger partial charge in [0.1, 0.15) is 0 Å². The van der Waals surface area contributed by atoms with Gasteiger partial charge in [0.2, 0.25) is 0 Å². The van der Waals surface area contributed by atoms with Gasteiger partial charge in [-0.1, -0.05) is 54.4 Å². The van der Waals surface area contributed by atoms with E-state index in [1.54, 1.807) is 0 Å². The van der Waals surface area contributed by atoms with Crippen LogP contribution in [0.4, 0.5) is 0 Å². The van der Waals surface area contributed by atoms with Crippen molar-refractivity contribution >= 4 is 10.2 Å². The molecule has 0 N–H and O–H groups in total. The van der Waals surface area contributed by atoms with Gasteiger partial charge in [-0.25, -0.2) is 0 Å². The van der Waals surface area contributed by atoms with Crippen molar-refractivity contribution in [1.82, 2.24) is 4.90 Å². The smallest absolute Gasteiger partial charge is 0.0130 e. The molecular formula is C14H33NSi. The number of hydrogen-bond donors (Lipinski definition) is 0. The van der Waals surface area contributed by atoms with Gasteiger partial charge >= 0.3 is 0 Å². The Balaban J connectivity index is 4.78. The van der Waals surface area contributed by atoms with Gasteiger partial charge in [-0.05, 0) is 30.0 Å². The fourth-order valence-electron chi connectivity index (χ4n) is 2.66. The molecule has 0 aliphatic rings. The fraction of sp³-hybridized carbons (Fsp3) is 1.00. The lowest BCUT2D eigenvalue weighted by molar-refractivity contribution is 0.172. The Hall–Kier alpha value is 0.177. The lowest BCUT2D eigenvalue weighted by atomic mass is 9.79. The van der Waals surface area contributed by atoms with Crippen LogP contribution in [0.25, 0.3) is 0 Å². The van der Waals surface area contributed by atoms with Crippen LogP contribution in [0.1, 0.15) is 54.4 Å². The summed E-state index contributed by atoms with van der Waals surface area (Å²) in [6, 6.07) is 0. The molecule has 98 valence electrons. The summed E-state index contributed by atoms with van der Waals surface area (Å²) in [5.41, 5.74) is 0. The lowest BCUT2D eigenvalue weighted by Crippen LogP contribution is -2.41. The van der Waals surface area contributed by atoms with E-state index in [0.29, 0.717) is 5.04 Å². The van der Waals surface area contributed by atoms with Crippen LogP contribution >= 0.6 is 0 Å². The molecule has 0 aliphatic carbocycles. The second-order valence-electron chi connectivity index (χ2n) is 5.59. The molecule has 0 radical (unpaired) electrons. The highest BCUT2D eigenvalue weighted by molar-refractivity contribution is 6.15. The maximum Gasteiger partial charge on any atom is 0.0130 e. The van der Waals surface area contributed by atoms with Gasteiger partial charge < -0.3 is 4.90 Å². The summed E-state index contributed by atoms with van der Waals surface area (Å²) in [6.45, 7) is 17.9. The van der Waals surface area contributed by atoms with Crippen LogP contribution in [0.5, 0.6) is 0 Å². The molecule has 0 aromatic carbocycles. The van der Waals surface area contributed by atoms with Crippen molar-refractivity contribution in [2.45, 2.75) is 59.4 Å². The molecule has 0 bridgehead atoms. The van der Waals surface area contributed by atoms with E-state index in [2.05, 4.69) is 46.4 Å². The summed E-state index contributed by atoms with van der Waals surface area (Å²) in [6.07, 6.45) is 2.66. The second kappa shape index (κ2) is 7.49. The average molecular weight is 244 g/mol. The van der Waals surface area contributed by atoms with Gasteiger partial charge in [0.15, 0.2) is 0 Å². The Morgan fingerprint density at radius 3 is 1.56 bits per heavy atom. The molecule has 0 aromatic heterocycles. The van der Waals surface area contributed by atoms with Crippen LogP contribution in [-0.2, 0) is 0 Å². The average Bonchev–Trinajstić information content (AvgIpc) is 2.33. The summed E-state index contributed by atoms with van der Waals surface area (Å²) in [7, 11) is 1.32. The summed E-state index contributed by atoms with van der Waals surface area (Å²) in [5.74, 6) is 1.74. The first-order chi connectivity index (χ1) is 7.46. The third-order valence-corrected chi connectivity index (χ3v) is 7.22. The van der Waals surface area contributed by atoms with Crippen molar-refractivity contribution in [1.29, 1.82) is 0 Å². The van der Waals surface area contributed by atoms with Gasteiger partial charge in [0.25, 0.3) is 0 Å². The van der Waals surface area contributed by atoms with E-state index in [9.17, 15) is 0 Å². The fourth-order valence-corrected chi connectivity index (χ4v) is 3.92. The molecule has 0 amide bonds. The SMILES string of the molecule is CCC(C)C([SiH3])(CN(CC)CC)C(C)CC. The zero-order chi connectivity index (χ0) is 12.8. The molecule has 2 atom stereocenters. The van der Waals surface area contributed by atoms with Crippen LogP contribution in [0.2, 0.25) is 5.04 Å². The highest BCUT2D eigenvalue weighted by Gasteiger charge is 2.35. The minimum Gasteiger partial charge on any atom is -0.304 e. The maximum absolute atomic E-state index is 2.62. The summed E-state index contributed by atoms with van der Waals surface area (Å²) >= 11 is 0. The second-order valence-corrected chi connectivity index (χ2v) is 7.45. The predicted molar refractivity (Wildman–Crippen MR) is 79.3 cm³/mol. The quantitative estimate of drug-likeness (QED) is 0.593. The van der Waals surface area contributed by atoms with E-state index in [1.165, 1.54) is 42.7 Å². The van der Waals surface area contributed by atoms with Gasteiger partial charge in [-0.15, -0.1) is 0 Å². The van der Waals surface area contributed by atoms with E-state index in [1.807, 2.05) is 0 Å². The minimum atomic E-state index is 0.607. The van der Waals surface area contributed by atoms with Gasteiger partial charge in [-0.2, -0.15) is 0 Å². The first kappa shape index (κ1) is 16.2. The monoisotopic (exact) mass is 243 g/mol. The molecule has 0 aromatic rings. The molecule has 1 nitrogen and oxygen atoms in total. The number of hydrogen-bond acceptors (Lipinski definition) is 1. The molecule has 0 rings (SSSR count). The lowest BCUT2D eigenvalue weighted by Gasteiger charge is -2.44. The maximum atomic E-state index is 2.62. The molecule has 16 heavy (non-hydrogen) atoms. The Morgan fingerprint density at radius 2 is 1.31 bits per heavy atom. The summed E-state index contributed by atoms with van der Waals surface area (Å²) < 4.78 is 0. The largest absolute Gasteiger partial charge is 0.304 e. The molecular weight excluding hydrogens is 210 g/mol. The Morgan fingerprint density at radius 1 is 0.938 bits per heavy atom. The van der Waals surface area contributed by atoms with Gasteiger partial charge in [0.05, 0.1) is 0 Å². The van der Waals surface area contributed by atoms with Crippen molar-refractivity contribution < 1.29 is 0 Å². The van der Waals surface area contributed by atoms with Crippen molar-refractivity contribution in [3.8, 4) is 0 Å². The van der Waals surface area contributed by atoms with Crippen molar-refractivity contribution in [3.05, 3.63) is 0 Å². The minimum absolute atomic E-state index is 0.607. The molecule has 0 heterocycles. The first-order valence-electron chi connectivity index (χ1n) is 7.18. The highest BCUT2D eigenvalue weighted by Crippen LogP contribution is 2.44. The Labute approximate surface area is 106 Å². The van der Waals surface area contributed by atoms with E-state index < -0.39 is 0 Å². The van der Waals surface area contributed by atoms with Crippen LogP contribution in [0, 0.1) is 11.8 Å². The number of rotatable bonds is 8. The van der Waals surface area contributed by atoms with E-state index >= 15 is 0 Å². The molecule has 0 saturated carbocycles. The third-order valence-electron chi connectivity index (χ3n) is 4.94. The summed E-state index contributed by atoms with van der Waals surface area (Å²) in [4.78, 5) is 2.62. The molecule has 0 saturated heterocycles. The first-order valence-corrected chi connectivity index (χ1v) is 8.18. The highest BCUT2D eigenvalue weighted by atomic mass is 28.1. The normalized spacial score (nSPS) is 19.7. The van der Waals surface area contributed by atoms with Crippen LogP contribution < -0.4 is 0 Å². The molecule has 2 unspecified atom stereocenters. The van der Waals surface area contributed by atoms with Gasteiger partial charge in [-0.3, -0.25) is 0 Å². The zero-order valence-corrected chi connectivity index (χ0v) is 14.6. The summed E-state index contributed by atoms with van der Waals surface area (Å²) in [5, 5.41) is 0.607. The number of nitrogens with zero attached hydrogens (tertiary/aromatic N) is 1. The molecule has 0 spiro atoms. The van der Waals surface area contributed by atoms with Gasteiger partial charge in [0, 0.05) is 16.8 Å². The van der Waals surface area contributed by atoms with Crippen molar-refractivity contribution in [2.24, 2.45) is 11.8 Å². The van der Waals surface area contributed by atoms with E-state index in [4.69, 9.17) is 0 Å². The van der Waals surface area contributed by atoms with Crippen LogP contribution in [0.3, 0.4) is 0 Å². The predicted octanol–water partition coefficient (Wildman–Crippen LogP) is 2.94. The van der Waals surface area contributed by atoms with Crippen LogP contribution in [0.15, 0.2) is 0 Å². The standard InChI is InChI=1S/C14H33NSi/c1-7-12(5)14(16,13(6)8-2)11-15(9-3)10-4/h12-13H,7-11H2,1-6,16H3. The molecule has 0 aliphatic heterocycles. The van der Waals surface area contributed by atoms with E-state index in [-0.39, 0.29) is 0 Å². The topological polar surface area (TPSA) is 3.24 Å². The van der Waals surface area contributed by atoms with Crippen molar-refractivity contribution in [2.75, 3.05) is 19.6 Å². The van der Waals surface area contributed by atoms with E-state index in [0.717, 1.165) is 11.8 Å².